The lowest BCUT2D eigenvalue weighted by Gasteiger charge is -2.25. The highest BCUT2D eigenvalue weighted by atomic mass is 16.1. The molecule has 1 saturated carbocycles. The Morgan fingerprint density at radius 3 is 2.22 bits per heavy atom. The van der Waals surface area contributed by atoms with Crippen molar-refractivity contribution < 1.29 is 4.79 Å². The molecule has 0 aromatic heterocycles. The second kappa shape index (κ2) is 4.80. The van der Waals surface area contributed by atoms with E-state index in [9.17, 15) is 4.79 Å². The molecule has 5 rings (SSSR count). The smallest absolute Gasteiger partial charge is 0.169 e. The maximum Gasteiger partial charge on any atom is 0.169 e. The number of fused-ring (bicyclic) bond motifs is 2. The number of carbonyl (C=O) groups excluding carboxylic acids is 1. The third-order valence-corrected chi connectivity index (χ3v) is 6.30. The van der Waals surface area contributed by atoms with Crippen molar-refractivity contribution >= 4 is 5.78 Å². The highest BCUT2D eigenvalue weighted by Crippen LogP contribution is 2.48. The first-order valence-electron chi connectivity index (χ1n) is 9.00. The van der Waals surface area contributed by atoms with E-state index < -0.39 is 0 Å². The number of hydrogen-bond acceptors (Lipinski definition) is 1. The Bertz CT molecular complexity index is 770. The molecule has 0 amide bonds. The van der Waals surface area contributed by atoms with Crippen molar-refractivity contribution in [2.75, 3.05) is 0 Å². The van der Waals surface area contributed by atoms with E-state index in [1.807, 2.05) is 0 Å². The van der Waals surface area contributed by atoms with Crippen LogP contribution in [0.5, 0.6) is 0 Å². The molecule has 0 unspecified atom stereocenters. The van der Waals surface area contributed by atoms with Crippen molar-refractivity contribution in [3.8, 4) is 0 Å². The minimum Gasteiger partial charge on any atom is -0.294 e. The van der Waals surface area contributed by atoms with Crippen molar-refractivity contribution in [3.63, 3.8) is 0 Å². The van der Waals surface area contributed by atoms with Crippen LogP contribution in [0.3, 0.4) is 0 Å². The topological polar surface area (TPSA) is 17.1 Å². The summed E-state index contributed by atoms with van der Waals surface area (Å²) in [6, 6.07) is 15.5. The van der Waals surface area contributed by atoms with Gasteiger partial charge in [0.2, 0.25) is 0 Å². The summed E-state index contributed by atoms with van der Waals surface area (Å²) >= 11 is 0. The first kappa shape index (κ1) is 13.5. The van der Waals surface area contributed by atoms with Crippen molar-refractivity contribution in [1.82, 2.24) is 0 Å². The molecule has 1 fully saturated rings. The summed E-state index contributed by atoms with van der Waals surface area (Å²) < 4.78 is 0. The van der Waals surface area contributed by atoms with Crippen LogP contribution in [0.4, 0.5) is 0 Å². The molecule has 1 nitrogen and oxygen atoms in total. The zero-order valence-corrected chi connectivity index (χ0v) is 13.5. The third kappa shape index (κ3) is 2.09. The van der Waals surface area contributed by atoms with Gasteiger partial charge in [-0.15, -0.1) is 0 Å². The number of Topliss-reactive ketones (excluding diaryl/α,β-unsaturated/α-hetero) is 1. The molecule has 3 aliphatic rings. The van der Waals surface area contributed by atoms with Crippen LogP contribution in [-0.4, -0.2) is 5.78 Å². The van der Waals surface area contributed by atoms with Gasteiger partial charge in [-0.1, -0.05) is 36.4 Å². The van der Waals surface area contributed by atoms with Crippen LogP contribution >= 0.6 is 0 Å². The third-order valence-electron chi connectivity index (χ3n) is 6.30. The molecule has 0 radical (unpaired) electrons. The van der Waals surface area contributed by atoms with Gasteiger partial charge in [-0.3, -0.25) is 4.79 Å². The average Bonchev–Trinajstić information content (AvgIpc) is 3.40. The monoisotopic (exact) mass is 302 g/mol. The van der Waals surface area contributed by atoms with Crippen LogP contribution in [-0.2, 0) is 19.3 Å². The molecular weight excluding hydrogens is 280 g/mol. The van der Waals surface area contributed by atoms with Crippen LogP contribution < -0.4 is 0 Å². The van der Waals surface area contributed by atoms with Gasteiger partial charge in [-0.05, 0) is 79.2 Å². The maximum atomic E-state index is 13.3. The molecule has 0 heterocycles. The molecule has 0 atom stereocenters. The normalized spacial score (nSPS) is 21.8. The summed E-state index contributed by atoms with van der Waals surface area (Å²) in [6.07, 6.45) is 7.67. The van der Waals surface area contributed by atoms with E-state index in [0.717, 1.165) is 43.6 Å². The number of benzene rings is 2. The van der Waals surface area contributed by atoms with Gasteiger partial charge in [-0.25, -0.2) is 0 Å². The van der Waals surface area contributed by atoms with E-state index >= 15 is 0 Å². The number of rotatable bonds is 1. The SMILES string of the molecule is O=C1c2cc(C3CC3)ccc2CC12CCc1ccccc1CC2. The number of aryl methyl sites for hydroxylation is 2. The van der Waals surface area contributed by atoms with Crippen LogP contribution in [0, 0.1) is 5.41 Å². The predicted molar refractivity (Wildman–Crippen MR) is 92.0 cm³/mol. The van der Waals surface area contributed by atoms with Crippen LogP contribution in [0.2, 0.25) is 0 Å². The zero-order valence-electron chi connectivity index (χ0n) is 13.5. The van der Waals surface area contributed by atoms with Gasteiger partial charge in [0.25, 0.3) is 0 Å². The van der Waals surface area contributed by atoms with Crippen LogP contribution in [0.1, 0.15) is 64.2 Å². The Hall–Kier alpha value is -1.89. The Labute approximate surface area is 137 Å². The Balaban J connectivity index is 1.49. The van der Waals surface area contributed by atoms with Gasteiger partial charge in [0.1, 0.15) is 0 Å². The van der Waals surface area contributed by atoms with Crippen LogP contribution in [0.25, 0.3) is 0 Å². The fraction of sp³-hybridized carbons (Fsp3) is 0.409. The van der Waals surface area contributed by atoms with Gasteiger partial charge in [0.05, 0.1) is 0 Å². The minimum absolute atomic E-state index is 0.135. The number of hydrogen-bond donors (Lipinski definition) is 0. The largest absolute Gasteiger partial charge is 0.294 e. The van der Waals surface area contributed by atoms with Crippen LogP contribution in [0.15, 0.2) is 42.5 Å². The maximum absolute atomic E-state index is 13.3. The second-order valence-electron chi connectivity index (χ2n) is 7.75. The summed E-state index contributed by atoms with van der Waals surface area (Å²) in [6.45, 7) is 0. The van der Waals surface area contributed by atoms with Crippen molar-refractivity contribution in [3.05, 3.63) is 70.3 Å². The van der Waals surface area contributed by atoms with Gasteiger partial charge in [0, 0.05) is 11.0 Å². The molecular formula is C22H22O. The standard InChI is InChI=1S/C22H22O/c23-21-20-13-18(17-5-6-17)7-8-19(20)14-22(21)11-9-15-3-1-2-4-16(15)10-12-22/h1-4,7-8,13,17H,5-6,9-12,14H2. The predicted octanol–water partition coefficient (Wildman–Crippen LogP) is 4.87. The molecule has 0 bridgehead atoms. The first-order chi connectivity index (χ1) is 11.3. The molecule has 23 heavy (non-hydrogen) atoms. The highest BCUT2D eigenvalue weighted by Gasteiger charge is 2.45. The Kier molecular flexibility index (Phi) is 2.83. The number of ketones is 1. The van der Waals surface area contributed by atoms with E-state index in [-0.39, 0.29) is 5.41 Å². The molecule has 1 heteroatoms. The van der Waals surface area contributed by atoms with E-state index in [1.54, 1.807) is 0 Å². The second-order valence-corrected chi connectivity index (χ2v) is 7.75. The lowest BCUT2D eigenvalue weighted by atomic mass is 9.76. The minimum atomic E-state index is -0.135. The molecule has 3 aliphatic carbocycles. The van der Waals surface area contributed by atoms with Gasteiger partial charge >= 0.3 is 0 Å². The van der Waals surface area contributed by atoms with E-state index in [2.05, 4.69) is 42.5 Å². The molecule has 2 aromatic carbocycles. The van der Waals surface area contributed by atoms with Gasteiger partial charge in [0.15, 0.2) is 5.78 Å². The van der Waals surface area contributed by atoms with Gasteiger partial charge in [-0.2, -0.15) is 0 Å². The fourth-order valence-electron chi connectivity index (χ4n) is 4.68. The molecule has 0 aliphatic heterocycles. The molecule has 116 valence electrons. The van der Waals surface area contributed by atoms with Crippen molar-refractivity contribution in [2.45, 2.75) is 50.9 Å². The summed E-state index contributed by atoms with van der Waals surface area (Å²) in [5.41, 5.74) is 6.50. The van der Waals surface area contributed by atoms with Crippen molar-refractivity contribution in [1.29, 1.82) is 0 Å². The Morgan fingerprint density at radius 1 is 0.870 bits per heavy atom. The lowest BCUT2D eigenvalue weighted by molar-refractivity contribution is 0.0794. The highest BCUT2D eigenvalue weighted by molar-refractivity contribution is 6.05. The quantitative estimate of drug-likeness (QED) is 0.734. The van der Waals surface area contributed by atoms with E-state index in [1.165, 1.54) is 35.1 Å². The van der Waals surface area contributed by atoms with E-state index in [0.29, 0.717) is 5.78 Å². The van der Waals surface area contributed by atoms with Gasteiger partial charge < -0.3 is 0 Å². The Morgan fingerprint density at radius 2 is 1.57 bits per heavy atom. The zero-order chi connectivity index (χ0) is 15.4. The molecule has 0 N–H and O–H groups in total. The summed E-state index contributed by atoms with van der Waals surface area (Å²) in [7, 11) is 0. The number of carbonyl (C=O) groups is 1. The summed E-state index contributed by atoms with van der Waals surface area (Å²) in [4.78, 5) is 13.3. The summed E-state index contributed by atoms with van der Waals surface area (Å²) in [5.74, 6) is 1.16. The average molecular weight is 302 g/mol. The molecule has 2 aromatic rings. The van der Waals surface area contributed by atoms with Crippen molar-refractivity contribution in [2.24, 2.45) is 5.41 Å². The fourth-order valence-corrected chi connectivity index (χ4v) is 4.68. The first-order valence-corrected chi connectivity index (χ1v) is 9.00. The molecule has 1 spiro atoms. The van der Waals surface area contributed by atoms with E-state index in [4.69, 9.17) is 0 Å². The lowest BCUT2D eigenvalue weighted by Crippen LogP contribution is -2.28. The molecule has 0 saturated heterocycles. The summed E-state index contributed by atoms with van der Waals surface area (Å²) in [5, 5.41) is 0.